The second-order valence-corrected chi connectivity index (χ2v) is 4.38. The van der Waals surface area contributed by atoms with Crippen molar-refractivity contribution in [2.75, 3.05) is 18.5 Å². The van der Waals surface area contributed by atoms with Crippen LogP contribution in [-0.2, 0) is 4.79 Å². The molecule has 1 aromatic rings. The fourth-order valence-electron chi connectivity index (χ4n) is 1.94. The van der Waals surface area contributed by atoms with Gasteiger partial charge in [0, 0.05) is 26.0 Å². The molecule has 102 valence electrons. The smallest absolute Gasteiger partial charge is 0.407 e. The highest BCUT2D eigenvalue weighted by atomic mass is 35.5. The van der Waals surface area contributed by atoms with Crippen LogP contribution in [0.15, 0.2) is 12.4 Å². The van der Waals surface area contributed by atoms with Gasteiger partial charge in [0.05, 0.1) is 1.37 Å². The Labute approximate surface area is 116 Å². The van der Waals surface area contributed by atoms with Crippen molar-refractivity contribution in [3.05, 3.63) is 17.5 Å². The Morgan fingerprint density at radius 1 is 1.58 bits per heavy atom. The van der Waals surface area contributed by atoms with Gasteiger partial charge in [-0.2, -0.15) is 0 Å². The highest BCUT2D eigenvalue weighted by Crippen LogP contribution is 2.24. The van der Waals surface area contributed by atoms with Crippen LogP contribution >= 0.6 is 11.6 Å². The van der Waals surface area contributed by atoms with E-state index in [-0.39, 0.29) is 23.9 Å². The summed E-state index contributed by atoms with van der Waals surface area (Å²) in [5.74, 6) is -0.595. The molecule has 0 saturated carbocycles. The molecule has 2 amide bonds. The normalized spacial score (nSPS) is 23.1. The van der Waals surface area contributed by atoms with E-state index in [4.69, 9.17) is 18.1 Å². The average molecular weight is 286 g/mol. The van der Waals surface area contributed by atoms with Crippen molar-refractivity contribution >= 4 is 29.4 Å². The topological polar surface area (TPSA) is 86.6 Å². The molecule has 2 rings (SSSR count). The molecule has 0 bridgehead atoms. The predicted molar refractivity (Wildman–Crippen MR) is 68.2 cm³/mol. The van der Waals surface area contributed by atoms with Gasteiger partial charge >= 0.3 is 6.09 Å². The lowest BCUT2D eigenvalue weighted by Gasteiger charge is -2.25. The molecule has 1 N–H and O–H groups in total. The minimum Gasteiger partial charge on any atom is -0.465 e. The molecular formula is C11H13ClN4O3. The zero-order valence-corrected chi connectivity index (χ0v) is 11.0. The zero-order valence-electron chi connectivity index (χ0n) is 11.2. The second-order valence-electron chi connectivity index (χ2n) is 4.02. The van der Waals surface area contributed by atoms with Crippen molar-refractivity contribution in [2.24, 2.45) is 0 Å². The van der Waals surface area contributed by atoms with E-state index in [2.05, 4.69) is 9.97 Å². The molecule has 1 saturated heterocycles. The van der Waals surface area contributed by atoms with Crippen molar-refractivity contribution in [3.8, 4) is 0 Å². The number of anilines is 1. The van der Waals surface area contributed by atoms with Crippen LogP contribution in [0.25, 0.3) is 0 Å². The van der Waals surface area contributed by atoms with Crippen molar-refractivity contribution in [2.45, 2.75) is 18.9 Å². The van der Waals surface area contributed by atoms with Crippen molar-refractivity contribution in [1.29, 1.82) is 0 Å². The van der Waals surface area contributed by atoms with Crippen LogP contribution in [0.5, 0.6) is 0 Å². The van der Waals surface area contributed by atoms with E-state index in [0.717, 1.165) is 9.80 Å². The lowest BCUT2D eigenvalue weighted by atomic mass is 10.2. The molecule has 8 heteroatoms. The van der Waals surface area contributed by atoms with Gasteiger partial charge in [0.15, 0.2) is 11.0 Å². The Morgan fingerprint density at radius 3 is 2.89 bits per heavy atom. The number of carbonyl (C=O) groups is 2. The Hall–Kier alpha value is -1.89. The molecule has 1 atom stereocenters. The van der Waals surface area contributed by atoms with Crippen LogP contribution in [0.4, 0.5) is 10.6 Å². The minimum absolute atomic E-state index is 0.0202. The van der Waals surface area contributed by atoms with Gasteiger partial charge in [-0.25, -0.2) is 14.8 Å². The fourth-order valence-corrected chi connectivity index (χ4v) is 2.17. The predicted octanol–water partition coefficient (Wildman–Crippen LogP) is 1.24. The van der Waals surface area contributed by atoms with Crippen LogP contribution < -0.4 is 4.90 Å². The van der Waals surface area contributed by atoms with E-state index in [9.17, 15) is 9.59 Å². The summed E-state index contributed by atoms with van der Waals surface area (Å²) in [5.41, 5.74) is 0. The molecule has 1 aliphatic heterocycles. The van der Waals surface area contributed by atoms with Crippen LogP contribution in [-0.4, -0.2) is 51.6 Å². The molecule has 1 fully saturated rings. The van der Waals surface area contributed by atoms with Gasteiger partial charge in [-0.3, -0.25) is 14.6 Å². The van der Waals surface area contributed by atoms with Gasteiger partial charge in [0.1, 0.15) is 6.02 Å². The van der Waals surface area contributed by atoms with E-state index in [0.29, 0.717) is 6.42 Å². The number of aromatic nitrogens is 2. The van der Waals surface area contributed by atoms with Gasteiger partial charge in [-0.1, -0.05) is 11.6 Å². The molecule has 19 heavy (non-hydrogen) atoms. The SMILES string of the molecule is [2H][C@@]1(C(=O)N(C)c2nccnc2Cl)CCCN1C(=O)O. The van der Waals surface area contributed by atoms with Crippen LogP contribution in [0.3, 0.4) is 0 Å². The largest absolute Gasteiger partial charge is 0.465 e. The van der Waals surface area contributed by atoms with E-state index in [1.54, 1.807) is 0 Å². The Balaban J connectivity index is 2.31. The average Bonchev–Trinajstić information content (AvgIpc) is 2.81. The highest BCUT2D eigenvalue weighted by Gasteiger charge is 2.36. The van der Waals surface area contributed by atoms with Gasteiger partial charge < -0.3 is 5.11 Å². The summed E-state index contributed by atoms with van der Waals surface area (Å²) in [6, 6.07) is -1.85. The van der Waals surface area contributed by atoms with Crippen LogP contribution in [0.1, 0.15) is 14.2 Å². The maximum absolute atomic E-state index is 12.4. The molecule has 0 aromatic carbocycles. The summed E-state index contributed by atoms with van der Waals surface area (Å²) >= 11 is 5.86. The number of hydrogen-bond donors (Lipinski definition) is 1. The van der Waals surface area contributed by atoms with Gasteiger partial charge in [0.25, 0.3) is 5.91 Å². The fraction of sp³-hybridized carbons (Fsp3) is 0.455. The molecule has 7 nitrogen and oxygen atoms in total. The summed E-state index contributed by atoms with van der Waals surface area (Å²) in [6.45, 7) is 0.159. The number of likely N-dealkylation sites (N-methyl/N-ethyl adjacent to an activating group) is 1. The Bertz CT molecular complexity index is 558. The number of amides is 2. The van der Waals surface area contributed by atoms with E-state index in [1.165, 1.54) is 19.4 Å². The molecule has 0 unspecified atom stereocenters. The summed E-state index contributed by atoms with van der Waals surface area (Å²) in [7, 11) is 1.40. The standard InChI is InChI=1S/C11H13ClN4O3/c1-15(9-8(12)13-4-5-14-9)10(17)7-3-2-6-16(7)11(18)19/h4-5,7H,2-3,6H2,1H3,(H,18,19)/t7-/m0/s1/i7D. The van der Waals surface area contributed by atoms with Gasteiger partial charge in [-0.05, 0) is 12.8 Å². The third-order valence-corrected chi connectivity index (χ3v) is 3.12. The van der Waals surface area contributed by atoms with Crippen molar-refractivity contribution < 1.29 is 16.1 Å². The quantitative estimate of drug-likeness (QED) is 0.883. The maximum Gasteiger partial charge on any atom is 0.407 e. The third-order valence-electron chi connectivity index (χ3n) is 2.86. The molecule has 1 aromatic heterocycles. The van der Waals surface area contributed by atoms with Gasteiger partial charge in [-0.15, -0.1) is 0 Å². The molecular weight excluding hydrogens is 272 g/mol. The maximum atomic E-state index is 12.4. The lowest BCUT2D eigenvalue weighted by Crippen LogP contribution is -2.46. The molecule has 0 spiro atoms. The number of halogens is 1. The number of rotatable bonds is 2. The lowest BCUT2D eigenvalue weighted by molar-refractivity contribution is -0.122. The first-order valence-corrected chi connectivity index (χ1v) is 6.01. The number of carbonyl (C=O) groups excluding carboxylic acids is 1. The van der Waals surface area contributed by atoms with Crippen molar-refractivity contribution in [1.82, 2.24) is 14.9 Å². The molecule has 0 radical (unpaired) electrons. The van der Waals surface area contributed by atoms with Gasteiger partial charge in [0.2, 0.25) is 0 Å². The van der Waals surface area contributed by atoms with Crippen LogP contribution in [0.2, 0.25) is 5.15 Å². The number of carboxylic acid groups (broad SMARTS) is 1. The van der Waals surface area contributed by atoms with Crippen LogP contribution in [0, 0.1) is 0 Å². The zero-order chi connectivity index (χ0) is 14.9. The van der Waals surface area contributed by atoms with E-state index < -0.39 is 18.0 Å². The van der Waals surface area contributed by atoms with E-state index in [1.807, 2.05) is 0 Å². The first-order valence-electron chi connectivity index (χ1n) is 6.13. The summed E-state index contributed by atoms with van der Waals surface area (Å²) < 4.78 is 8.19. The Kier molecular flexibility index (Phi) is 3.45. The second kappa shape index (κ2) is 5.40. The minimum atomic E-state index is -1.85. The summed E-state index contributed by atoms with van der Waals surface area (Å²) in [4.78, 5) is 33.2. The number of hydrogen-bond acceptors (Lipinski definition) is 4. The monoisotopic (exact) mass is 285 g/mol. The van der Waals surface area contributed by atoms with Crippen molar-refractivity contribution in [3.63, 3.8) is 0 Å². The Morgan fingerprint density at radius 2 is 2.26 bits per heavy atom. The third kappa shape index (κ3) is 2.60. The highest BCUT2D eigenvalue weighted by molar-refractivity contribution is 6.32. The summed E-state index contributed by atoms with van der Waals surface area (Å²) in [5, 5.41) is 9.11. The molecule has 1 aliphatic rings. The first kappa shape index (κ1) is 12.2. The molecule has 0 aliphatic carbocycles. The first-order chi connectivity index (χ1) is 9.38. The summed E-state index contributed by atoms with van der Waals surface area (Å²) in [6.07, 6.45) is 2.05. The van der Waals surface area contributed by atoms with E-state index >= 15 is 0 Å². The number of nitrogens with zero attached hydrogens (tertiary/aromatic N) is 4. The molecule has 2 heterocycles. The number of likely N-dealkylation sites (tertiary alicyclic amines) is 1.